The van der Waals surface area contributed by atoms with Crippen molar-refractivity contribution in [3.8, 4) is 5.75 Å². The van der Waals surface area contributed by atoms with E-state index < -0.39 is 34.4 Å². The standard InChI is InChI=1S/C22H22N2O8/c1-29-15-7-4-13(5-8-15)12-23-19-17-10-14(24(27)28)6-9-16(17)18(32-23)11-22(19,20(25)30-2)21(26)31-3/h4-10,18-19H,11-12H2,1-3H3/t18-,19-/m1/s1. The normalized spacial score (nSPS) is 20.8. The number of nitro benzene ring substituents is 1. The third kappa shape index (κ3) is 3.28. The fourth-order valence-electron chi connectivity index (χ4n) is 4.58. The summed E-state index contributed by atoms with van der Waals surface area (Å²) >= 11 is 0. The van der Waals surface area contributed by atoms with Crippen LogP contribution in [0.2, 0.25) is 0 Å². The van der Waals surface area contributed by atoms with E-state index in [0.29, 0.717) is 16.9 Å². The molecule has 1 fully saturated rings. The van der Waals surface area contributed by atoms with Crippen LogP contribution in [0, 0.1) is 15.5 Å². The molecule has 2 atom stereocenters. The zero-order chi connectivity index (χ0) is 23.0. The Kier molecular flexibility index (Phi) is 5.57. The van der Waals surface area contributed by atoms with Crippen molar-refractivity contribution in [3.05, 3.63) is 69.3 Å². The van der Waals surface area contributed by atoms with Crippen molar-refractivity contribution in [1.29, 1.82) is 0 Å². The van der Waals surface area contributed by atoms with Gasteiger partial charge in [0.05, 0.1) is 32.3 Å². The summed E-state index contributed by atoms with van der Waals surface area (Å²) < 4.78 is 15.2. The van der Waals surface area contributed by atoms with Gasteiger partial charge in [-0.15, -0.1) is 0 Å². The van der Waals surface area contributed by atoms with Crippen molar-refractivity contribution >= 4 is 17.6 Å². The number of carbonyl (C=O) groups is 2. The molecule has 2 heterocycles. The lowest BCUT2D eigenvalue weighted by molar-refractivity contribution is -0.385. The van der Waals surface area contributed by atoms with Gasteiger partial charge in [-0.3, -0.25) is 24.5 Å². The number of hydrogen-bond acceptors (Lipinski definition) is 9. The highest BCUT2D eigenvalue weighted by atomic mass is 16.7. The fraction of sp³-hybridized carbons (Fsp3) is 0.364. The topological polar surface area (TPSA) is 117 Å². The number of methoxy groups -OCH3 is 3. The van der Waals surface area contributed by atoms with Gasteiger partial charge in [0.2, 0.25) is 0 Å². The highest BCUT2D eigenvalue weighted by molar-refractivity contribution is 6.01. The largest absolute Gasteiger partial charge is 0.497 e. The van der Waals surface area contributed by atoms with Gasteiger partial charge in [-0.1, -0.05) is 12.1 Å². The lowest BCUT2D eigenvalue weighted by atomic mass is 9.65. The predicted octanol–water partition coefficient (Wildman–Crippen LogP) is 2.87. The van der Waals surface area contributed by atoms with E-state index >= 15 is 0 Å². The van der Waals surface area contributed by atoms with E-state index in [0.717, 1.165) is 5.56 Å². The Morgan fingerprint density at radius 1 is 1.09 bits per heavy atom. The Labute approximate surface area is 183 Å². The molecule has 0 amide bonds. The molecule has 2 bridgehead atoms. The number of fused-ring (bicyclic) bond motifs is 2. The second-order valence-electron chi connectivity index (χ2n) is 7.65. The molecule has 2 aliphatic heterocycles. The average Bonchev–Trinajstić information content (AvgIpc) is 2.82. The van der Waals surface area contributed by atoms with Crippen LogP contribution in [0.5, 0.6) is 5.75 Å². The van der Waals surface area contributed by atoms with Gasteiger partial charge < -0.3 is 14.2 Å². The van der Waals surface area contributed by atoms with Gasteiger partial charge in [0.1, 0.15) is 11.9 Å². The monoisotopic (exact) mass is 442 g/mol. The molecule has 2 aromatic carbocycles. The number of non-ortho nitro benzene ring substituents is 1. The molecule has 0 unspecified atom stereocenters. The third-order valence-corrected chi connectivity index (χ3v) is 6.04. The van der Waals surface area contributed by atoms with Crippen molar-refractivity contribution in [2.75, 3.05) is 21.3 Å². The number of hydroxylamine groups is 2. The van der Waals surface area contributed by atoms with Gasteiger partial charge in [-0.2, -0.15) is 5.06 Å². The molecule has 0 aromatic heterocycles. The number of ether oxygens (including phenoxy) is 3. The van der Waals surface area contributed by atoms with Crippen LogP contribution in [-0.4, -0.2) is 43.3 Å². The lowest BCUT2D eigenvalue weighted by Gasteiger charge is -2.53. The summed E-state index contributed by atoms with van der Waals surface area (Å²) in [5.74, 6) is -0.881. The van der Waals surface area contributed by atoms with Crippen LogP contribution in [0.25, 0.3) is 0 Å². The van der Waals surface area contributed by atoms with Crippen LogP contribution in [0.4, 0.5) is 5.69 Å². The van der Waals surface area contributed by atoms with E-state index in [9.17, 15) is 19.7 Å². The summed E-state index contributed by atoms with van der Waals surface area (Å²) in [5.41, 5.74) is 0.0977. The summed E-state index contributed by atoms with van der Waals surface area (Å²) in [5, 5.41) is 12.9. The molecular weight excluding hydrogens is 420 g/mol. The number of carbonyl (C=O) groups excluding carboxylic acids is 2. The van der Waals surface area contributed by atoms with Crippen molar-refractivity contribution < 1.29 is 33.6 Å². The van der Waals surface area contributed by atoms with Crippen molar-refractivity contribution in [2.24, 2.45) is 5.41 Å². The molecule has 10 heteroatoms. The molecule has 168 valence electrons. The van der Waals surface area contributed by atoms with Crippen molar-refractivity contribution in [1.82, 2.24) is 5.06 Å². The van der Waals surface area contributed by atoms with Gasteiger partial charge in [0.25, 0.3) is 5.69 Å². The molecule has 2 aromatic rings. The quantitative estimate of drug-likeness (QED) is 0.288. The van der Waals surface area contributed by atoms with Gasteiger partial charge in [-0.05, 0) is 34.9 Å². The zero-order valence-corrected chi connectivity index (χ0v) is 17.8. The molecule has 10 nitrogen and oxygen atoms in total. The van der Waals surface area contributed by atoms with E-state index in [2.05, 4.69) is 0 Å². The molecule has 3 aliphatic rings. The second kappa shape index (κ2) is 8.21. The third-order valence-electron chi connectivity index (χ3n) is 6.04. The first-order valence-corrected chi connectivity index (χ1v) is 9.87. The maximum absolute atomic E-state index is 13.0. The Morgan fingerprint density at radius 2 is 1.75 bits per heavy atom. The Morgan fingerprint density at radius 3 is 2.31 bits per heavy atom. The van der Waals surface area contributed by atoms with Crippen LogP contribution in [0.1, 0.15) is 35.3 Å². The van der Waals surface area contributed by atoms with E-state index in [4.69, 9.17) is 19.0 Å². The molecular formula is C22H22N2O8. The Bertz CT molecular complexity index is 1050. The lowest BCUT2D eigenvalue weighted by Crippen LogP contribution is -2.59. The summed E-state index contributed by atoms with van der Waals surface area (Å²) in [6.07, 6.45) is -0.687. The minimum Gasteiger partial charge on any atom is -0.497 e. The van der Waals surface area contributed by atoms with Gasteiger partial charge in [0.15, 0.2) is 5.41 Å². The first kappa shape index (κ1) is 21.7. The highest BCUT2D eigenvalue weighted by Crippen LogP contribution is 2.59. The molecule has 32 heavy (non-hydrogen) atoms. The SMILES string of the molecule is COC(=O)C1(C(=O)OC)C[C@H]2ON(Cc3ccc(OC)cc3)[C@@H]1c1cc([N+](=O)[O-])ccc12. The van der Waals surface area contributed by atoms with Gasteiger partial charge in [-0.25, -0.2) is 0 Å². The molecule has 0 radical (unpaired) electrons. The number of esters is 2. The van der Waals surface area contributed by atoms with E-state index in [-0.39, 0.29) is 18.7 Å². The van der Waals surface area contributed by atoms with Gasteiger partial charge >= 0.3 is 11.9 Å². The number of nitrogens with zero attached hydrogens (tertiary/aromatic N) is 2. The maximum atomic E-state index is 13.0. The second-order valence-corrected chi connectivity index (χ2v) is 7.65. The van der Waals surface area contributed by atoms with Crippen LogP contribution < -0.4 is 4.74 Å². The smallest absolute Gasteiger partial charge is 0.325 e. The number of rotatable bonds is 6. The van der Waals surface area contributed by atoms with Crippen molar-refractivity contribution in [3.63, 3.8) is 0 Å². The molecule has 1 aliphatic carbocycles. The summed E-state index contributed by atoms with van der Waals surface area (Å²) in [6.45, 7) is 0.211. The molecule has 0 saturated carbocycles. The summed E-state index contributed by atoms with van der Waals surface area (Å²) in [4.78, 5) is 43.1. The molecule has 1 saturated heterocycles. The molecule has 0 N–H and O–H groups in total. The highest BCUT2D eigenvalue weighted by Gasteiger charge is 2.65. The van der Waals surface area contributed by atoms with Crippen LogP contribution >= 0.6 is 0 Å². The number of benzene rings is 2. The van der Waals surface area contributed by atoms with Crippen molar-refractivity contribution in [2.45, 2.75) is 25.1 Å². The minimum atomic E-state index is -1.74. The van der Waals surface area contributed by atoms with Crippen LogP contribution in [0.3, 0.4) is 0 Å². The maximum Gasteiger partial charge on any atom is 0.325 e. The van der Waals surface area contributed by atoms with E-state index in [1.165, 1.54) is 31.4 Å². The fourth-order valence-corrected chi connectivity index (χ4v) is 4.58. The molecule has 5 rings (SSSR count). The zero-order valence-electron chi connectivity index (χ0n) is 17.8. The number of nitro groups is 1. The van der Waals surface area contributed by atoms with Crippen LogP contribution in [-0.2, 0) is 30.4 Å². The van der Waals surface area contributed by atoms with E-state index in [1.54, 1.807) is 25.3 Å². The number of hydrogen-bond donors (Lipinski definition) is 0. The average molecular weight is 442 g/mol. The Hall–Kier alpha value is -3.50. The van der Waals surface area contributed by atoms with Gasteiger partial charge in [0, 0.05) is 25.1 Å². The Balaban J connectivity index is 1.85. The predicted molar refractivity (Wildman–Crippen MR) is 109 cm³/mol. The minimum absolute atomic E-state index is 0.000929. The molecule has 0 spiro atoms. The first-order chi connectivity index (χ1) is 15.3. The van der Waals surface area contributed by atoms with E-state index in [1.807, 2.05) is 12.1 Å². The summed E-state index contributed by atoms with van der Waals surface area (Å²) in [7, 11) is 3.95. The first-order valence-electron chi connectivity index (χ1n) is 9.87. The van der Waals surface area contributed by atoms with Crippen LogP contribution in [0.15, 0.2) is 42.5 Å². The summed E-state index contributed by atoms with van der Waals surface area (Å²) in [6, 6.07) is 10.6.